The van der Waals surface area contributed by atoms with E-state index in [2.05, 4.69) is 47.6 Å². The molecule has 1 N–H and O–H groups in total. The van der Waals surface area contributed by atoms with Crippen molar-refractivity contribution in [2.75, 3.05) is 19.6 Å². The van der Waals surface area contributed by atoms with E-state index >= 15 is 0 Å². The number of carbonyl (C=O) groups is 3. The summed E-state index contributed by atoms with van der Waals surface area (Å²) in [6, 6.07) is 17.5. The maximum atomic E-state index is 12.8. The van der Waals surface area contributed by atoms with Crippen molar-refractivity contribution in [1.29, 1.82) is 0 Å². The monoisotopic (exact) mass is 714 g/mol. The summed E-state index contributed by atoms with van der Waals surface area (Å²) in [4.78, 5) is 42.4. The molecule has 1 heterocycles. The molecule has 1 amide bonds. The summed E-state index contributed by atoms with van der Waals surface area (Å²) in [6.45, 7) is 6.42. The summed E-state index contributed by atoms with van der Waals surface area (Å²) in [5, 5.41) is 4.83. The lowest BCUT2D eigenvalue weighted by molar-refractivity contribution is -0.133. The van der Waals surface area contributed by atoms with E-state index in [4.69, 9.17) is 4.74 Å². The highest BCUT2D eigenvalue weighted by Crippen LogP contribution is 2.32. The molecule has 0 saturated carbocycles. The Kier molecular flexibility index (Phi) is 18.5. The fourth-order valence-corrected chi connectivity index (χ4v) is 8.00. The summed E-state index contributed by atoms with van der Waals surface area (Å²) >= 11 is 1.82. The minimum Gasteiger partial charge on any atom is -0.425 e. The van der Waals surface area contributed by atoms with Crippen LogP contribution in [0.15, 0.2) is 60.0 Å². The Bertz CT molecular complexity index is 1450. The van der Waals surface area contributed by atoms with Crippen LogP contribution in [-0.4, -0.2) is 48.2 Å². The predicted octanol–water partition coefficient (Wildman–Crippen LogP) is 10.6. The van der Waals surface area contributed by atoms with E-state index < -0.39 is 5.97 Å². The number of thiophene rings is 1. The fourth-order valence-electron chi connectivity index (χ4n) is 7.30. The molecule has 0 bridgehead atoms. The summed E-state index contributed by atoms with van der Waals surface area (Å²) in [5.41, 5.74) is 3.38. The number of hydrogen-bond acceptors (Lipinski definition) is 6. The molecule has 0 spiro atoms. The lowest BCUT2D eigenvalue weighted by atomic mass is 9.86. The van der Waals surface area contributed by atoms with Gasteiger partial charge in [0.15, 0.2) is 5.78 Å². The maximum absolute atomic E-state index is 12.8. The second-order valence-corrected chi connectivity index (χ2v) is 15.3. The van der Waals surface area contributed by atoms with Crippen molar-refractivity contribution in [2.24, 2.45) is 0 Å². The number of esters is 1. The van der Waals surface area contributed by atoms with Gasteiger partial charge >= 0.3 is 5.97 Å². The van der Waals surface area contributed by atoms with Crippen LogP contribution in [0.3, 0.4) is 0 Å². The topological polar surface area (TPSA) is 75.7 Å². The third-order valence-corrected chi connectivity index (χ3v) is 11.2. The standard InChI is InChI=1S/C44H62N2O4S/c1-3-5-6-7-8-9-10-11-12-13-14-15-16-21-41(47)35-23-25-36(26-24-35)44(49)45-34-43(48)50-42-22-17-19-37-33-38(27-28-40(37)42)46(30-4-2)31-29-39-20-18-32-51-39/h17-20,22-26,32,38H,3-16,21,27-31,33-34H2,1-2H3,(H,45,49)/t38-/m0/s1. The highest BCUT2D eigenvalue weighted by atomic mass is 32.1. The van der Waals surface area contributed by atoms with E-state index in [1.807, 2.05) is 23.5 Å². The second-order valence-electron chi connectivity index (χ2n) is 14.3. The van der Waals surface area contributed by atoms with Crippen molar-refractivity contribution in [1.82, 2.24) is 10.2 Å². The SMILES string of the molecule is CCCCCCCCCCCCCCCC(=O)c1ccc(C(=O)NCC(=O)Oc2cccc3c2CC[C@H](N(CCC)CCc2cccs2)C3)cc1. The Morgan fingerprint density at radius 3 is 2.08 bits per heavy atom. The number of amides is 1. The van der Waals surface area contributed by atoms with Crippen LogP contribution in [0, 0.1) is 0 Å². The molecule has 1 aliphatic carbocycles. The Balaban J connectivity index is 1.12. The van der Waals surface area contributed by atoms with Crippen LogP contribution >= 0.6 is 11.3 Å². The third kappa shape index (κ3) is 14.3. The summed E-state index contributed by atoms with van der Waals surface area (Å²) in [7, 11) is 0. The van der Waals surface area contributed by atoms with E-state index in [1.165, 1.54) is 81.1 Å². The maximum Gasteiger partial charge on any atom is 0.330 e. The van der Waals surface area contributed by atoms with Crippen molar-refractivity contribution < 1.29 is 19.1 Å². The van der Waals surface area contributed by atoms with Gasteiger partial charge in [-0.15, -0.1) is 11.3 Å². The van der Waals surface area contributed by atoms with Gasteiger partial charge in [0.05, 0.1) is 0 Å². The van der Waals surface area contributed by atoms with Crippen LogP contribution in [0.2, 0.25) is 0 Å². The average Bonchev–Trinajstić information content (AvgIpc) is 3.68. The van der Waals surface area contributed by atoms with Gasteiger partial charge in [0.1, 0.15) is 12.3 Å². The molecular weight excluding hydrogens is 653 g/mol. The van der Waals surface area contributed by atoms with Crippen molar-refractivity contribution in [3.63, 3.8) is 0 Å². The number of Topliss-reactive ketones (excluding diaryl/α,β-unsaturated/α-hetero) is 1. The quantitative estimate of drug-likeness (QED) is 0.0409. The molecule has 3 aromatic rings. The van der Waals surface area contributed by atoms with E-state index in [0.717, 1.165) is 63.6 Å². The number of nitrogens with one attached hydrogen (secondary N) is 1. The van der Waals surface area contributed by atoms with Crippen molar-refractivity contribution >= 4 is 29.0 Å². The smallest absolute Gasteiger partial charge is 0.330 e. The zero-order valence-corrected chi connectivity index (χ0v) is 32.2. The highest BCUT2D eigenvalue weighted by Gasteiger charge is 2.26. The van der Waals surface area contributed by atoms with Gasteiger partial charge in [-0.3, -0.25) is 14.5 Å². The zero-order valence-electron chi connectivity index (χ0n) is 31.4. The Morgan fingerprint density at radius 2 is 1.43 bits per heavy atom. The van der Waals surface area contributed by atoms with Gasteiger partial charge in [-0.1, -0.05) is 121 Å². The Hall–Kier alpha value is -3.29. The number of fused-ring (bicyclic) bond motifs is 1. The van der Waals surface area contributed by atoms with E-state index in [0.29, 0.717) is 29.3 Å². The largest absolute Gasteiger partial charge is 0.425 e. The highest BCUT2D eigenvalue weighted by molar-refractivity contribution is 7.09. The molecule has 0 saturated heterocycles. The number of unbranched alkanes of at least 4 members (excludes halogenated alkanes) is 12. The van der Waals surface area contributed by atoms with E-state index in [-0.39, 0.29) is 18.2 Å². The minimum absolute atomic E-state index is 0.113. The summed E-state index contributed by atoms with van der Waals surface area (Å²) < 4.78 is 5.78. The number of ketones is 1. The van der Waals surface area contributed by atoms with E-state index in [1.54, 1.807) is 24.3 Å². The van der Waals surface area contributed by atoms with Gasteiger partial charge in [-0.2, -0.15) is 0 Å². The molecule has 278 valence electrons. The molecule has 1 aromatic heterocycles. The Labute approximate surface area is 311 Å². The number of hydrogen-bond donors (Lipinski definition) is 1. The molecule has 0 unspecified atom stereocenters. The van der Waals surface area contributed by atoms with Crippen LogP contribution in [0.25, 0.3) is 0 Å². The summed E-state index contributed by atoms with van der Waals surface area (Å²) in [5.74, 6) is -0.147. The molecule has 1 atom stereocenters. The van der Waals surface area contributed by atoms with Crippen LogP contribution in [0.5, 0.6) is 5.75 Å². The molecule has 0 radical (unpaired) electrons. The first-order chi connectivity index (χ1) is 25.0. The van der Waals surface area contributed by atoms with Gasteiger partial charge in [0.2, 0.25) is 0 Å². The van der Waals surface area contributed by atoms with Gasteiger partial charge in [-0.25, -0.2) is 4.79 Å². The van der Waals surface area contributed by atoms with Gasteiger partial charge in [0, 0.05) is 35.0 Å². The van der Waals surface area contributed by atoms with Crippen LogP contribution in [0.4, 0.5) is 0 Å². The lowest BCUT2D eigenvalue weighted by Crippen LogP contribution is -2.41. The molecule has 51 heavy (non-hydrogen) atoms. The third-order valence-electron chi connectivity index (χ3n) is 10.3. The van der Waals surface area contributed by atoms with Gasteiger partial charge < -0.3 is 10.1 Å². The molecule has 1 aliphatic rings. The van der Waals surface area contributed by atoms with Crippen LogP contribution in [0.1, 0.15) is 153 Å². The number of carbonyl (C=O) groups excluding carboxylic acids is 3. The number of nitrogens with zero attached hydrogens (tertiary/aromatic N) is 1. The molecule has 2 aromatic carbocycles. The molecule has 7 heteroatoms. The predicted molar refractivity (Wildman–Crippen MR) is 211 cm³/mol. The number of rotatable bonds is 25. The number of ether oxygens (including phenoxy) is 1. The molecule has 0 fully saturated rings. The molecule has 0 aliphatic heterocycles. The van der Waals surface area contributed by atoms with Crippen molar-refractivity contribution in [3.8, 4) is 5.75 Å². The fraction of sp³-hybridized carbons (Fsp3) is 0.568. The summed E-state index contributed by atoms with van der Waals surface area (Å²) in [6.07, 6.45) is 22.2. The van der Waals surface area contributed by atoms with Crippen LogP contribution < -0.4 is 10.1 Å². The molecule has 6 nitrogen and oxygen atoms in total. The first-order valence-corrected chi connectivity index (χ1v) is 20.9. The normalized spacial score (nSPS) is 14.0. The van der Waals surface area contributed by atoms with Gasteiger partial charge in [0.25, 0.3) is 5.91 Å². The average molecular weight is 715 g/mol. The first-order valence-electron chi connectivity index (χ1n) is 20.0. The zero-order chi connectivity index (χ0) is 36.1. The molecular formula is C44H62N2O4S. The Morgan fingerprint density at radius 1 is 0.765 bits per heavy atom. The lowest BCUT2D eigenvalue weighted by Gasteiger charge is -2.35. The first kappa shape index (κ1) is 40.5. The van der Waals surface area contributed by atoms with E-state index in [9.17, 15) is 14.4 Å². The van der Waals surface area contributed by atoms with Gasteiger partial charge in [-0.05, 0) is 85.8 Å². The van der Waals surface area contributed by atoms with Crippen molar-refractivity contribution in [3.05, 3.63) is 87.1 Å². The van der Waals surface area contributed by atoms with Crippen molar-refractivity contribution in [2.45, 2.75) is 142 Å². The number of benzene rings is 2. The minimum atomic E-state index is -0.493. The molecule has 4 rings (SSSR count). The van der Waals surface area contributed by atoms with Crippen LogP contribution in [-0.2, 0) is 24.1 Å². The second kappa shape index (κ2) is 23.3.